The van der Waals surface area contributed by atoms with Gasteiger partial charge in [-0.3, -0.25) is 0 Å². The van der Waals surface area contributed by atoms with Crippen LogP contribution in [0.1, 0.15) is 11.1 Å². The van der Waals surface area contributed by atoms with Gasteiger partial charge in [0.15, 0.2) is 35.6 Å². The molecule has 0 radical (unpaired) electrons. The summed E-state index contributed by atoms with van der Waals surface area (Å²) >= 11 is 0. The molecule has 2 saturated heterocycles. The van der Waals surface area contributed by atoms with Crippen LogP contribution in [0.4, 0.5) is 0 Å². The van der Waals surface area contributed by atoms with Gasteiger partial charge in [0.25, 0.3) is 0 Å². The third-order valence-electron chi connectivity index (χ3n) is 7.30. The van der Waals surface area contributed by atoms with E-state index >= 15 is 0 Å². The summed E-state index contributed by atoms with van der Waals surface area (Å²) in [5.41, 5.74) is 0.923. The standard InChI is InChI=1S/C29H36O16/c30-11-19-22(36)24(38)25(39)29(43-19)45-27-23(37)20(12-42-21(35)6-3-13-1-4-15(31)17(33)9-13)44-28(26(27)40)41-8-7-14-2-5-16(32)18(34)10-14/h1-6,9-10,19-20,22-34,36-40H,7-8,11-12H2/t19-,20+,22-,23-,24+,25-,26+,27+,28-,29-/m0/s1. The zero-order valence-electron chi connectivity index (χ0n) is 23.6. The Kier molecular flexibility index (Phi) is 11.6. The van der Waals surface area contributed by atoms with Crippen molar-refractivity contribution in [2.75, 3.05) is 19.8 Å². The van der Waals surface area contributed by atoms with Crippen LogP contribution in [-0.2, 0) is 34.9 Å². The lowest BCUT2D eigenvalue weighted by molar-refractivity contribution is -0.360. The second-order valence-corrected chi connectivity index (χ2v) is 10.5. The Hall–Kier alpha value is -3.55. The fourth-order valence-corrected chi connectivity index (χ4v) is 4.71. The highest BCUT2D eigenvalue weighted by atomic mass is 16.7. The van der Waals surface area contributed by atoms with Gasteiger partial charge in [0.1, 0.15) is 55.4 Å². The average molecular weight is 641 g/mol. The molecule has 0 saturated carbocycles. The summed E-state index contributed by atoms with van der Waals surface area (Å²) < 4.78 is 27.5. The summed E-state index contributed by atoms with van der Waals surface area (Å²) in [6.07, 6.45) is -13.9. The first-order valence-electron chi connectivity index (χ1n) is 13.9. The molecule has 0 unspecified atom stereocenters. The Bertz CT molecular complexity index is 1320. The van der Waals surface area contributed by atoms with Crippen molar-refractivity contribution in [2.24, 2.45) is 0 Å². The second kappa shape index (κ2) is 15.2. The van der Waals surface area contributed by atoms with Gasteiger partial charge in [-0.1, -0.05) is 12.1 Å². The number of rotatable bonds is 11. The highest BCUT2D eigenvalue weighted by Gasteiger charge is 2.51. The predicted octanol–water partition coefficient (Wildman–Crippen LogP) is -2.04. The average Bonchev–Trinajstić information content (AvgIpc) is 3.01. The molecular weight excluding hydrogens is 604 g/mol. The topological polar surface area (TPSA) is 266 Å². The van der Waals surface area contributed by atoms with Crippen molar-refractivity contribution in [3.8, 4) is 23.0 Å². The number of aliphatic hydroxyl groups is 6. The Labute approximate surface area is 256 Å². The molecule has 0 spiro atoms. The van der Waals surface area contributed by atoms with Crippen molar-refractivity contribution in [2.45, 2.75) is 67.8 Å². The fraction of sp³-hybridized carbons (Fsp3) is 0.483. The molecule has 0 bridgehead atoms. The summed E-state index contributed by atoms with van der Waals surface area (Å²) in [4.78, 5) is 12.4. The van der Waals surface area contributed by atoms with E-state index in [1.165, 1.54) is 42.5 Å². The van der Waals surface area contributed by atoms with Gasteiger partial charge in [0, 0.05) is 6.08 Å². The Morgan fingerprint density at radius 3 is 2.09 bits per heavy atom. The zero-order chi connectivity index (χ0) is 32.8. The van der Waals surface area contributed by atoms with E-state index in [-0.39, 0.29) is 30.3 Å². The number of hydrogen-bond acceptors (Lipinski definition) is 16. The highest BCUT2D eigenvalue weighted by Crippen LogP contribution is 2.31. The van der Waals surface area contributed by atoms with Crippen LogP contribution >= 0.6 is 0 Å². The van der Waals surface area contributed by atoms with E-state index in [0.717, 1.165) is 6.08 Å². The van der Waals surface area contributed by atoms with Gasteiger partial charge >= 0.3 is 5.97 Å². The van der Waals surface area contributed by atoms with Gasteiger partial charge < -0.3 is 74.7 Å². The Morgan fingerprint density at radius 1 is 0.756 bits per heavy atom. The summed E-state index contributed by atoms with van der Waals surface area (Å²) in [6, 6.07) is 7.97. The molecule has 10 N–H and O–H groups in total. The van der Waals surface area contributed by atoms with Gasteiger partial charge in [-0.05, 0) is 47.9 Å². The molecule has 2 aromatic rings. The van der Waals surface area contributed by atoms with Crippen LogP contribution in [0, 0.1) is 0 Å². The lowest BCUT2D eigenvalue weighted by Gasteiger charge is -2.46. The van der Waals surface area contributed by atoms with Gasteiger partial charge in [-0.25, -0.2) is 4.79 Å². The molecule has 2 aliphatic rings. The second-order valence-electron chi connectivity index (χ2n) is 10.5. The van der Waals surface area contributed by atoms with E-state index in [4.69, 9.17) is 23.7 Å². The number of carbonyl (C=O) groups is 1. The number of benzene rings is 2. The van der Waals surface area contributed by atoms with E-state index in [1.54, 1.807) is 0 Å². The van der Waals surface area contributed by atoms with Crippen molar-refractivity contribution in [1.82, 2.24) is 0 Å². The van der Waals surface area contributed by atoms with Gasteiger partial charge in [-0.2, -0.15) is 0 Å². The molecule has 4 rings (SSSR count). The zero-order valence-corrected chi connectivity index (χ0v) is 23.6. The first-order chi connectivity index (χ1) is 21.4. The van der Waals surface area contributed by atoms with Gasteiger partial charge in [-0.15, -0.1) is 0 Å². The maximum Gasteiger partial charge on any atom is 0.330 e. The number of carbonyl (C=O) groups excluding carboxylic acids is 1. The third-order valence-corrected chi connectivity index (χ3v) is 7.30. The van der Waals surface area contributed by atoms with Crippen LogP contribution in [0.2, 0.25) is 0 Å². The van der Waals surface area contributed by atoms with E-state index in [9.17, 15) is 55.9 Å². The normalized spacial score (nSPS) is 32.0. The molecule has 45 heavy (non-hydrogen) atoms. The SMILES string of the molecule is O=C(C=Cc1ccc(O)c(O)c1)OC[C@H]1O[C@H](OCCc2ccc(O)c(O)c2)[C@H](O)[C@H](O[C@@H]2O[C@@H](CO)[C@H](O)[C@@H](O)[C@@H]2O)[C@H]1O. The molecule has 10 atom stereocenters. The lowest BCUT2D eigenvalue weighted by Crippen LogP contribution is -2.65. The summed E-state index contributed by atoms with van der Waals surface area (Å²) in [6.45, 7) is -1.44. The van der Waals surface area contributed by atoms with Crippen molar-refractivity contribution in [3.63, 3.8) is 0 Å². The molecule has 0 amide bonds. The summed E-state index contributed by atoms with van der Waals surface area (Å²) in [5, 5.41) is 100. The number of aromatic hydroxyl groups is 4. The number of phenolic OH excluding ortho intramolecular Hbond substituents is 4. The Morgan fingerprint density at radius 2 is 1.42 bits per heavy atom. The third kappa shape index (κ3) is 8.39. The largest absolute Gasteiger partial charge is 0.504 e. The molecule has 2 aliphatic heterocycles. The van der Waals surface area contributed by atoms with Crippen LogP contribution < -0.4 is 0 Å². The smallest absolute Gasteiger partial charge is 0.330 e. The maximum absolute atomic E-state index is 12.4. The minimum Gasteiger partial charge on any atom is -0.504 e. The summed E-state index contributed by atoms with van der Waals surface area (Å²) in [7, 11) is 0. The van der Waals surface area contributed by atoms with E-state index in [0.29, 0.717) is 11.1 Å². The van der Waals surface area contributed by atoms with E-state index in [1.807, 2.05) is 0 Å². The molecule has 2 heterocycles. The first-order valence-corrected chi connectivity index (χ1v) is 13.9. The summed E-state index contributed by atoms with van der Waals surface area (Å²) in [5.74, 6) is -2.31. The molecule has 16 heteroatoms. The minimum atomic E-state index is -1.85. The molecule has 0 aliphatic carbocycles. The van der Waals surface area contributed by atoms with Crippen LogP contribution in [-0.4, -0.2) is 138 Å². The van der Waals surface area contributed by atoms with E-state index < -0.39 is 86.3 Å². The maximum atomic E-state index is 12.4. The molecule has 0 aromatic heterocycles. The molecule has 2 aromatic carbocycles. The quantitative estimate of drug-likeness (QED) is 0.0720. The number of esters is 1. The van der Waals surface area contributed by atoms with Crippen LogP contribution in [0.25, 0.3) is 6.08 Å². The number of phenols is 4. The fourth-order valence-electron chi connectivity index (χ4n) is 4.71. The predicted molar refractivity (Wildman–Crippen MR) is 149 cm³/mol. The monoisotopic (exact) mass is 640 g/mol. The van der Waals surface area contributed by atoms with E-state index in [2.05, 4.69) is 0 Å². The van der Waals surface area contributed by atoms with Gasteiger partial charge in [0.2, 0.25) is 0 Å². The van der Waals surface area contributed by atoms with Gasteiger partial charge in [0.05, 0.1) is 13.2 Å². The number of hydrogen-bond donors (Lipinski definition) is 10. The van der Waals surface area contributed by atoms with Crippen molar-refractivity contribution in [1.29, 1.82) is 0 Å². The Balaban J connectivity index is 1.45. The minimum absolute atomic E-state index is 0.108. The molecule has 16 nitrogen and oxygen atoms in total. The van der Waals surface area contributed by atoms with Crippen LogP contribution in [0.3, 0.4) is 0 Å². The molecular formula is C29H36O16. The highest BCUT2D eigenvalue weighted by molar-refractivity contribution is 5.87. The van der Waals surface area contributed by atoms with Crippen molar-refractivity contribution in [3.05, 3.63) is 53.6 Å². The van der Waals surface area contributed by atoms with Crippen LogP contribution in [0.5, 0.6) is 23.0 Å². The van der Waals surface area contributed by atoms with Crippen molar-refractivity contribution >= 4 is 12.0 Å². The van der Waals surface area contributed by atoms with Crippen LogP contribution in [0.15, 0.2) is 42.5 Å². The molecule has 248 valence electrons. The number of ether oxygens (including phenoxy) is 5. The number of aliphatic hydroxyl groups excluding tert-OH is 6. The molecule has 2 fully saturated rings. The lowest BCUT2D eigenvalue weighted by atomic mass is 9.97. The first kappa shape index (κ1) is 34.3. The van der Waals surface area contributed by atoms with Crippen molar-refractivity contribution < 1.29 is 79.5 Å².